The van der Waals surface area contributed by atoms with Gasteiger partial charge in [-0.3, -0.25) is 14.7 Å². The van der Waals surface area contributed by atoms with Crippen molar-refractivity contribution in [1.29, 1.82) is 0 Å². The fraction of sp³-hybridized carbons (Fsp3) is 0.263. The summed E-state index contributed by atoms with van der Waals surface area (Å²) < 4.78 is 33.0. The lowest BCUT2D eigenvalue weighted by atomic mass is 10.2. The number of carbonyl (C=O) groups excluding carboxylic acids is 2. The van der Waals surface area contributed by atoms with E-state index in [1.54, 1.807) is 0 Å². The Morgan fingerprint density at radius 2 is 1.73 bits per heavy atom. The van der Waals surface area contributed by atoms with Crippen molar-refractivity contribution < 1.29 is 23.1 Å². The van der Waals surface area contributed by atoms with Gasteiger partial charge in [0.2, 0.25) is 0 Å². The number of rotatable bonds is 5. The van der Waals surface area contributed by atoms with E-state index in [9.17, 15) is 18.4 Å². The first-order valence-corrected chi connectivity index (χ1v) is 9.11. The van der Waals surface area contributed by atoms with Crippen LogP contribution >= 0.6 is 0 Å². The number of hydrogen-bond donors (Lipinski definition) is 0. The van der Waals surface area contributed by atoms with Gasteiger partial charge in [-0.15, -0.1) is 0 Å². The molecule has 30 heavy (non-hydrogen) atoms. The number of nitrogens with zero attached hydrogens (tertiary/aromatic N) is 6. The summed E-state index contributed by atoms with van der Waals surface area (Å²) in [5, 5.41) is 3.38. The van der Waals surface area contributed by atoms with Gasteiger partial charge in [-0.2, -0.15) is 0 Å². The summed E-state index contributed by atoms with van der Waals surface area (Å²) in [5.74, 6) is -1.08. The Labute approximate surface area is 169 Å². The van der Waals surface area contributed by atoms with E-state index in [0.29, 0.717) is 12.2 Å². The molecule has 3 amide bonds. The van der Waals surface area contributed by atoms with Crippen LogP contribution in [0.1, 0.15) is 0 Å². The molecule has 1 atom stereocenters. The molecule has 4 rings (SSSR count). The second-order valence-corrected chi connectivity index (χ2v) is 6.73. The van der Waals surface area contributed by atoms with Gasteiger partial charge < -0.3 is 4.74 Å². The molecule has 2 fully saturated rings. The minimum atomic E-state index is -0.673. The van der Waals surface area contributed by atoms with Gasteiger partial charge in [-0.25, -0.2) is 18.4 Å². The van der Waals surface area contributed by atoms with E-state index >= 15 is 0 Å². The van der Waals surface area contributed by atoms with E-state index in [4.69, 9.17) is 10.3 Å². The van der Waals surface area contributed by atoms with E-state index in [-0.39, 0.29) is 31.0 Å². The average Bonchev–Trinajstić information content (AvgIpc) is 3.29. The lowest BCUT2D eigenvalue weighted by molar-refractivity contribution is 0.145. The van der Waals surface area contributed by atoms with Crippen LogP contribution < -0.4 is 14.7 Å². The number of hydrogen-bond acceptors (Lipinski definition) is 4. The molecule has 9 nitrogen and oxygen atoms in total. The maximum Gasteiger partial charge on any atom is 0.414 e. The van der Waals surface area contributed by atoms with Crippen LogP contribution in [0.4, 0.5) is 35.4 Å². The van der Waals surface area contributed by atoms with Crippen LogP contribution in [0.2, 0.25) is 0 Å². The molecule has 0 N–H and O–H groups in total. The molecule has 11 heteroatoms. The van der Waals surface area contributed by atoms with Crippen LogP contribution in [0.25, 0.3) is 10.4 Å². The second kappa shape index (κ2) is 7.88. The molecule has 154 valence electrons. The van der Waals surface area contributed by atoms with E-state index in [1.165, 1.54) is 51.1 Å². The Kier molecular flexibility index (Phi) is 5.11. The number of amides is 3. The smallest absolute Gasteiger partial charge is 0.414 e. The molecule has 2 aliphatic heterocycles. The van der Waals surface area contributed by atoms with Crippen molar-refractivity contribution >= 4 is 29.2 Å². The van der Waals surface area contributed by atoms with Crippen molar-refractivity contribution in [3.05, 3.63) is 64.5 Å². The number of ether oxygens (including phenoxy) is 1. The zero-order valence-electron chi connectivity index (χ0n) is 15.6. The maximum atomic E-state index is 14.8. The molecule has 2 aliphatic rings. The van der Waals surface area contributed by atoms with Crippen LogP contribution in [-0.4, -0.2) is 44.4 Å². The molecule has 2 saturated heterocycles. The topological polar surface area (TPSA) is 102 Å². The Bertz CT molecular complexity index is 1040. The van der Waals surface area contributed by atoms with Crippen molar-refractivity contribution in [2.24, 2.45) is 5.11 Å². The highest BCUT2D eigenvalue weighted by atomic mass is 19.1. The zero-order chi connectivity index (χ0) is 21.3. The summed E-state index contributed by atoms with van der Waals surface area (Å²) in [6.07, 6.45) is -1.28. The van der Waals surface area contributed by atoms with Gasteiger partial charge in [0.05, 0.1) is 24.5 Å². The Morgan fingerprint density at radius 3 is 2.43 bits per heavy atom. The van der Waals surface area contributed by atoms with E-state index < -0.39 is 29.9 Å². The Morgan fingerprint density at radius 1 is 1.03 bits per heavy atom. The van der Waals surface area contributed by atoms with Crippen molar-refractivity contribution in [3.63, 3.8) is 0 Å². The monoisotopic (exact) mass is 414 g/mol. The zero-order valence-corrected chi connectivity index (χ0v) is 15.6. The predicted molar refractivity (Wildman–Crippen MR) is 105 cm³/mol. The lowest BCUT2D eigenvalue weighted by Gasteiger charge is -2.20. The molecule has 0 saturated carbocycles. The minimum Gasteiger partial charge on any atom is -0.444 e. The maximum absolute atomic E-state index is 14.8. The molecular weight excluding hydrogens is 398 g/mol. The molecule has 0 radical (unpaired) electrons. The summed E-state index contributed by atoms with van der Waals surface area (Å²) >= 11 is 0. The summed E-state index contributed by atoms with van der Waals surface area (Å²) in [7, 11) is 0. The van der Waals surface area contributed by atoms with Crippen molar-refractivity contribution in [2.75, 3.05) is 40.9 Å². The normalized spacial score (nSPS) is 18.6. The molecular formula is C19H16F2N6O3. The minimum absolute atomic E-state index is 0.0131. The first kappa shape index (κ1) is 19.5. The second-order valence-electron chi connectivity index (χ2n) is 6.73. The Hall–Kier alpha value is -3.85. The fourth-order valence-electron chi connectivity index (χ4n) is 3.46. The average molecular weight is 414 g/mol. The van der Waals surface area contributed by atoms with Gasteiger partial charge in [0.15, 0.2) is 0 Å². The van der Waals surface area contributed by atoms with Crippen LogP contribution in [0.5, 0.6) is 0 Å². The summed E-state index contributed by atoms with van der Waals surface area (Å²) in [5.41, 5.74) is 9.24. The Balaban J connectivity index is 1.51. The summed E-state index contributed by atoms with van der Waals surface area (Å²) in [6, 6.07) is 9.15. The molecule has 0 unspecified atom stereocenters. The third-order valence-electron chi connectivity index (χ3n) is 4.90. The third-order valence-corrected chi connectivity index (χ3v) is 4.90. The highest BCUT2D eigenvalue weighted by Crippen LogP contribution is 2.31. The number of cyclic esters (lactones) is 1. The van der Waals surface area contributed by atoms with Gasteiger partial charge in [0, 0.05) is 23.7 Å². The van der Waals surface area contributed by atoms with Gasteiger partial charge in [-0.05, 0) is 48.0 Å². The van der Waals surface area contributed by atoms with E-state index in [0.717, 1.165) is 6.07 Å². The van der Waals surface area contributed by atoms with E-state index in [2.05, 4.69) is 10.0 Å². The molecule has 2 aromatic carbocycles. The van der Waals surface area contributed by atoms with Crippen molar-refractivity contribution in [1.82, 2.24) is 0 Å². The first-order chi connectivity index (χ1) is 14.5. The number of anilines is 3. The first-order valence-electron chi connectivity index (χ1n) is 9.11. The van der Waals surface area contributed by atoms with Gasteiger partial charge in [0.25, 0.3) is 0 Å². The fourth-order valence-corrected chi connectivity index (χ4v) is 3.46. The number of urea groups is 1. The molecule has 0 spiro atoms. The van der Waals surface area contributed by atoms with E-state index in [1.807, 2.05) is 0 Å². The standard InChI is InChI=1S/C19H16F2N6O3/c20-12-1-3-13(4-2-12)25-7-8-26(18(25)28)17-6-5-14(9-16(17)21)27-11-15(10-23-24-22)30-19(27)29/h1-6,9,15H,7-8,10-11H2/t15-/m0/s1. The third kappa shape index (κ3) is 3.58. The molecule has 2 heterocycles. The van der Waals surface area contributed by atoms with Gasteiger partial charge in [0.1, 0.15) is 17.7 Å². The number of halogens is 2. The van der Waals surface area contributed by atoms with Crippen molar-refractivity contribution in [2.45, 2.75) is 6.10 Å². The molecule has 0 bridgehead atoms. The molecule has 0 aromatic heterocycles. The van der Waals surface area contributed by atoms with Crippen LogP contribution in [0.15, 0.2) is 47.6 Å². The highest BCUT2D eigenvalue weighted by Gasteiger charge is 2.34. The van der Waals surface area contributed by atoms with Crippen LogP contribution in [0, 0.1) is 11.6 Å². The SMILES string of the molecule is [N-]=[N+]=NC[C@H]1CN(c2ccc(N3CCN(c4ccc(F)cc4)C3=O)c(F)c2)C(=O)O1. The van der Waals surface area contributed by atoms with Crippen LogP contribution in [-0.2, 0) is 4.74 Å². The lowest BCUT2D eigenvalue weighted by Crippen LogP contribution is -2.32. The van der Waals surface area contributed by atoms with Crippen LogP contribution in [0.3, 0.4) is 0 Å². The highest BCUT2D eigenvalue weighted by molar-refractivity contribution is 6.06. The van der Waals surface area contributed by atoms with Gasteiger partial charge >= 0.3 is 12.1 Å². The number of carbonyl (C=O) groups is 2. The largest absolute Gasteiger partial charge is 0.444 e. The number of benzene rings is 2. The quantitative estimate of drug-likeness (QED) is 0.419. The molecule has 0 aliphatic carbocycles. The molecule has 2 aromatic rings. The van der Waals surface area contributed by atoms with Gasteiger partial charge in [-0.1, -0.05) is 5.11 Å². The van der Waals surface area contributed by atoms with Crippen molar-refractivity contribution in [3.8, 4) is 0 Å². The summed E-state index contributed by atoms with van der Waals surface area (Å²) in [6.45, 7) is 0.691. The summed E-state index contributed by atoms with van der Waals surface area (Å²) in [4.78, 5) is 31.4. The predicted octanol–water partition coefficient (Wildman–Crippen LogP) is 4.05. The number of azide groups is 1.